The molecule has 9 heteroatoms. The molecule has 1 aromatic carbocycles. The molecule has 1 aromatic heterocycles. The average molecular weight is 513 g/mol. The maximum atomic E-state index is 13.5. The van der Waals surface area contributed by atoms with Gasteiger partial charge in [0.1, 0.15) is 0 Å². The summed E-state index contributed by atoms with van der Waals surface area (Å²) in [6.45, 7) is 3.29. The quantitative estimate of drug-likeness (QED) is 0.464. The SMILES string of the molecule is CC1=CC=CC(Br)C1(C)S(=O)(=O)n1cc([Se]C(F)(F)F)c2ccccc21. The zero-order valence-corrected chi connectivity index (χ0v) is 17.9. The van der Waals surface area contributed by atoms with Gasteiger partial charge in [0.05, 0.1) is 0 Å². The molecule has 2 atom stereocenters. The molecule has 26 heavy (non-hydrogen) atoms. The van der Waals surface area contributed by atoms with E-state index in [1.165, 1.54) is 12.1 Å². The molecule has 0 radical (unpaired) electrons. The van der Waals surface area contributed by atoms with Gasteiger partial charge in [0.25, 0.3) is 0 Å². The van der Waals surface area contributed by atoms with Gasteiger partial charge < -0.3 is 0 Å². The van der Waals surface area contributed by atoms with Crippen molar-refractivity contribution in [1.82, 2.24) is 3.97 Å². The number of hydrogen-bond donors (Lipinski definition) is 0. The van der Waals surface area contributed by atoms with Crippen molar-refractivity contribution in [2.24, 2.45) is 0 Å². The van der Waals surface area contributed by atoms with Crippen LogP contribution in [-0.4, -0.2) is 42.0 Å². The summed E-state index contributed by atoms with van der Waals surface area (Å²) in [5.41, 5.74) is 0.874. The minimum atomic E-state index is -4.36. The Labute approximate surface area is 164 Å². The average Bonchev–Trinajstić information content (AvgIpc) is 2.90. The van der Waals surface area contributed by atoms with Crippen LogP contribution in [0.15, 0.2) is 54.3 Å². The van der Waals surface area contributed by atoms with Crippen molar-refractivity contribution in [3.63, 3.8) is 0 Å². The third-order valence-electron chi connectivity index (χ3n) is 4.60. The molecule has 1 aliphatic carbocycles. The summed E-state index contributed by atoms with van der Waals surface area (Å²) >= 11 is 1.57. The second-order valence-corrected chi connectivity index (χ2v) is 11.6. The summed E-state index contributed by atoms with van der Waals surface area (Å²) in [6.07, 6.45) is 6.32. The van der Waals surface area contributed by atoms with E-state index in [0.29, 0.717) is 11.0 Å². The number of fused-ring (bicyclic) bond motifs is 1. The van der Waals surface area contributed by atoms with Gasteiger partial charge in [-0.1, -0.05) is 0 Å². The molecule has 2 unspecified atom stereocenters. The van der Waals surface area contributed by atoms with E-state index in [9.17, 15) is 21.6 Å². The molecule has 3 nitrogen and oxygen atoms in total. The van der Waals surface area contributed by atoms with E-state index in [1.54, 1.807) is 44.2 Å². The first-order valence-electron chi connectivity index (χ1n) is 7.59. The molecule has 3 rings (SSSR count). The zero-order chi connectivity index (χ0) is 19.3. The monoisotopic (exact) mass is 513 g/mol. The number of alkyl halides is 4. The molecule has 0 saturated carbocycles. The number of rotatable bonds is 3. The zero-order valence-electron chi connectivity index (χ0n) is 13.8. The normalized spacial score (nSPS) is 24.1. The van der Waals surface area contributed by atoms with Crippen LogP contribution in [0.2, 0.25) is 0 Å². The fourth-order valence-corrected chi connectivity index (χ4v) is 7.69. The Hall–Kier alpha value is -1.02. The van der Waals surface area contributed by atoms with Crippen molar-refractivity contribution in [2.45, 2.75) is 28.5 Å². The van der Waals surface area contributed by atoms with Gasteiger partial charge >= 0.3 is 165 Å². The third-order valence-corrected chi connectivity index (χ3v) is 10.2. The van der Waals surface area contributed by atoms with Crippen molar-refractivity contribution in [3.8, 4) is 0 Å². The van der Waals surface area contributed by atoms with Gasteiger partial charge in [-0.05, 0) is 0 Å². The summed E-state index contributed by atoms with van der Waals surface area (Å²) in [4.78, 5) is -0.497. The first kappa shape index (κ1) is 19.7. The molecule has 1 heterocycles. The molecular formula is C17H15BrF3NO2SSe. The van der Waals surface area contributed by atoms with Crippen molar-refractivity contribution >= 4 is 56.3 Å². The first-order valence-corrected chi connectivity index (χ1v) is 11.7. The Bertz CT molecular complexity index is 1030. The first-order chi connectivity index (χ1) is 12.0. The van der Waals surface area contributed by atoms with Crippen molar-refractivity contribution in [1.29, 1.82) is 0 Å². The standard InChI is InChI=1S/C17H15BrF3NO2SSe/c1-11-6-5-9-15(18)16(11,2)25(23,24)22-10-14(26-17(19,20)21)12-7-3-4-8-13(12)22/h3-10,15H,1-2H3. The van der Waals surface area contributed by atoms with Crippen molar-refractivity contribution < 1.29 is 21.6 Å². The van der Waals surface area contributed by atoms with Gasteiger partial charge in [-0.25, -0.2) is 0 Å². The van der Waals surface area contributed by atoms with Crippen LogP contribution in [0.4, 0.5) is 13.2 Å². The second kappa shape index (κ2) is 6.55. The number of para-hydroxylation sites is 1. The van der Waals surface area contributed by atoms with Crippen LogP contribution in [0.3, 0.4) is 0 Å². The van der Waals surface area contributed by atoms with Gasteiger partial charge in [0.15, 0.2) is 0 Å². The Morgan fingerprint density at radius 1 is 1.27 bits per heavy atom. The van der Waals surface area contributed by atoms with E-state index in [-0.39, 0.29) is 9.98 Å². The van der Waals surface area contributed by atoms with Crippen LogP contribution in [-0.2, 0) is 10.0 Å². The second-order valence-electron chi connectivity index (χ2n) is 6.10. The van der Waals surface area contributed by atoms with Gasteiger partial charge in [0, 0.05) is 0 Å². The number of hydrogen-bond acceptors (Lipinski definition) is 2. The Balaban J connectivity index is 2.25. The van der Waals surface area contributed by atoms with Gasteiger partial charge in [0.2, 0.25) is 0 Å². The van der Waals surface area contributed by atoms with Gasteiger partial charge in [-0.15, -0.1) is 0 Å². The van der Waals surface area contributed by atoms with E-state index < -0.39 is 39.6 Å². The summed E-state index contributed by atoms with van der Waals surface area (Å²) in [7, 11) is -4.03. The van der Waals surface area contributed by atoms with Crippen LogP contribution in [0.5, 0.6) is 0 Å². The number of aromatic nitrogens is 1. The van der Waals surface area contributed by atoms with Gasteiger partial charge in [-0.2, -0.15) is 0 Å². The summed E-state index contributed by atoms with van der Waals surface area (Å²) in [6, 6.07) is 6.30. The number of allylic oxidation sites excluding steroid dienone is 3. The molecule has 1 aliphatic rings. The van der Waals surface area contributed by atoms with E-state index in [0.717, 1.165) is 10.2 Å². The number of halogens is 4. The van der Waals surface area contributed by atoms with E-state index in [2.05, 4.69) is 15.9 Å². The molecule has 0 bridgehead atoms. The number of nitrogens with zero attached hydrogens (tertiary/aromatic N) is 1. The summed E-state index contributed by atoms with van der Waals surface area (Å²) < 4.78 is 65.6. The molecule has 140 valence electrons. The fourth-order valence-electron chi connectivity index (χ4n) is 2.94. The predicted octanol–water partition coefficient (Wildman–Crippen LogP) is 3.71. The van der Waals surface area contributed by atoms with Crippen LogP contribution in [0.25, 0.3) is 10.9 Å². The molecule has 0 saturated heterocycles. The minimum absolute atomic E-state index is 0.00637. The Morgan fingerprint density at radius 3 is 2.54 bits per heavy atom. The Kier molecular flexibility index (Phi) is 4.97. The molecule has 0 N–H and O–H groups in total. The molecule has 0 aliphatic heterocycles. The summed E-state index contributed by atoms with van der Waals surface area (Å²) in [5, 5.41) is -4.05. The van der Waals surface area contributed by atoms with Crippen molar-refractivity contribution in [3.05, 3.63) is 54.3 Å². The number of benzene rings is 1. The van der Waals surface area contributed by atoms with Crippen molar-refractivity contribution in [2.75, 3.05) is 0 Å². The predicted molar refractivity (Wildman–Crippen MR) is 102 cm³/mol. The topological polar surface area (TPSA) is 39.1 Å². The molecule has 0 spiro atoms. The molecule has 0 fully saturated rings. The van der Waals surface area contributed by atoms with Crippen LogP contribution in [0.1, 0.15) is 13.8 Å². The molecule has 2 aromatic rings. The van der Waals surface area contributed by atoms with E-state index >= 15 is 0 Å². The maximum absolute atomic E-state index is 13.5. The van der Waals surface area contributed by atoms with Crippen LogP contribution < -0.4 is 4.46 Å². The van der Waals surface area contributed by atoms with E-state index in [1.807, 2.05) is 0 Å². The Morgan fingerprint density at radius 2 is 1.92 bits per heavy atom. The molecular weight excluding hydrogens is 498 g/mol. The third kappa shape index (κ3) is 3.09. The van der Waals surface area contributed by atoms with E-state index in [4.69, 9.17) is 0 Å². The summed E-state index contributed by atoms with van der Waals surface area (Å²) in [5.74, 6) is 0. The van der Waals surface area contributed by atoms with Gasteiger partial charge in [-0.3, -0.25) is 0 Å². The van der Waals surface area contributed by atoms with Crippen LogP contribution >= 0.6 is 15.9 Å². The van der Waals surface area contributed by atoms with Crippen LogP contribution in [0, 0.1) is 0 Å². The fraction of sp³-hybridized carbons (Fsp3) is 0.294. The molecule has 0 amide bonds.